The van der Waals surface area contributed by atoms with Gasteiger partial charge in [-0.3, -0.25) is 19.1 Å². The minimum absolute atomic E-state index is 0.0460. The number of hydrogen-bond donors (Lipinski definition) is 2. The minimum Gasteiger partial charge on any atom is -0.383 e. The van der Waals surface area contributed by atoms with Crippen molar-refractivity contribution in [3.63, 3.8) is 0 Å². The lowest BCUT2D eigenvalue weighted by Gasteiger charge is -2.25. The van der Waals surface area contributed by atoms with Crippen LogP contribution in [0.3, 0.4) is 0 Å². The monoisotopic (exact) mass is 466 g/mol. The number of unbranched alkanes of at least 4 members (excludes halogenated alkanes) is 1. The quantitative estimate of drug-likeness (QED) is 0.485. The van der Waals surface area contributed by atoms with Gasteiger partial charge < -0.3 is 10.6 Å². The first-order valence-electron chi connectivity index (χ1n) is 10.6. The maximum absolute atomic E-state index is 13.1. The molecule has 0 bridgehead atoms. The molecule has 0 spiro atoms. The van der Waals surface area contributed by atoms with E-state index in [9.17, 15) is 14.4 Å². The summed E-state index contributed by atoms with van der Waals surface area (Å²) in [5.74, 6) is 0.737. The van der Waals surface area contributed by atoms with Crippen LogP contribution in [0.5, 0.6) is 0 Å². The number of amides is 1. The number of nitrogens with one attached hydrogen (secondary N) is 1. The molecule has 0 fully saturated rings. The number of halogens is 1. The van der Waals surface area contributed by atoms with Crippen LogP contribution in [0.4, 0.5) is 11.5 Å². The Balaban J connectivity index is 2.26. The molecule has 0 saturated heterocycles. The van der Waals surface area contributed by atoms with Gasteiger partial charge in [0, 0.05) is 35.2 Å². The lowest BCUT2D eigenvalue weighted by atomic mass is 10.1. The number of carbonyl (C=O) groups is 1. The zero-order chi connectivity index (χ0) is 23.0. The molecule has 2 rings (SSSR count). The number of nitrogens with zero attached hydrogens (tertiary/aromatic N) is 2. The van der Waals surface area contributed by atoms with E-state index in [1.807, 2.05) is 19.1 Å². The maximum atomic E-state index is 13.1. The Morgan fingerprint density at radius 3 is 2.55 bits per heavy atom. The summed E-state index contributed by atoms with van der Waals surface area (Å²) in [5.41, 5.74) is 5.13. The van der Waals surface area contributed by atoms with Gasteiger partial charge in [-0.25, -0.2) is 4.79 Å². The summed E-state index contributed by atoms with van der Waals surface area (Å²) in [7, 11) is 0. The highest BCUT2D eigenvalue weighted by Gasteiger charge is 2.24. The van der Waals surface area contributed by atoms with E-state index in [-0.39, 0.29) is 23.8 Å². The van der Waals surface area contributed by atoms with Crippen molar-refractivity contribution in [1.82, 2.24) is 9.55 Å². The van der Waals surface area contributed by atoms with Crippen LogP contribution in [0.1, 0.15) is 46.5 Å². The van der Waals surface area contributed by atoms with Crippen LogP contribution in [-0.2, 0) is 11.3 Å². The number of nitrogens with two attached hydrogens (primary N) is 1. The summed E-state index contributed by atoms with van der Waals surface area (Å²) in [6.07, 6.45) is 2.56. The molecule has 0 unspecified atom stereocenters. The number of aromatic nitrogens is 2. The zero-order valence-electron chi connectivity index (χ0n) is 18.3. The average molecular weight is 467 g/mol. The van der Waals surface area contributed by atoms with Crippen molar-refractivity contribution in [1.29, 1.82) is 0 Å². The third kappa shape index (κ3) is 7.18. The van der Waals surface area contributed by atoms with Crippen LogP contribution >= 0.6 is 23.4 Å². The fourth-order valence-corrected chi connectivity index (χ4v) is 4.01. The Labute approximate surface area is 192 Å². The van der Waals surface area contributed by atoms with Crippen LogP contribution in [-0.4, -0.2) is 27.8 Å². The number of aromatic amines is 1. The highest BCUT2D eigenvalue weighted by molar-refractivity contribution is 7.99. The molecule has 0 aliphatic carbocycles. The number of hydrogen-bond acceptors (Lipinski definition) is 5. The molecule has 1 heterocycles. The summed E-state index contributed by atoms with van der Waals surface area (Å²) in [5, 5.41) is 0.660. The van der Waals surface area contributed by atoms with E-state index in [1.165, 1.54) is 9.47 Å². The Bertz CT molecular complexity index is 986. The molecule has 0 aliphatic rings. The summed E-state index contributed by atoms with van der Waals surface area (Å²) >= 11 is 7.45. The molecule has 0 radical (unpaired) electrons. The Hall–Kier alpha value is -2.19. The lowest BCUT2D eigenvalue weighted by molar-refractivity contribution is -0.118. The number of rotatable bonds is 11. The normalized spacial score (nSPS) is 11.1. The number of nitrogen functional groups attached to an aromatic ring is 1. The molecule has 0 saturated carbocycles. The molecule has 0 atom stereocenters. The van der Waals surface area contributed by atoms with Gasteiger partial charge in [0.05, 0.1) is 0 Å². The summed E-state index contributed by atoms with van der Waals surface area (Å²) in [6, 6.07) is 7.42. The van der Waals surface area contributed by atoms with Gasteiger partial charge in [0.2, 0.25) is 5.91 Å². The third-order valence-electron chi connectivity index (χ3n) is 4.85. The molecule has 7 nitrogen and oxygen atoms in total. The average Bonchev–Trinajstić information content (AvgIpc) is 2.71. The summed E-state index contributed by atoms with van der Waals surface area (Å²) in [4.78, 5) is 42.8. The van der Waals surface area contributed by atoms with Gasteiger partial charge in [-0.1, -0.05) is 38.8 Å². The topological polar surface area (TPSA) is 101 Å². The maximum Gasteiger partial charge on any atom is 0.330 e. The van der Waals surface area contributed by atoms with Gasteiger partial charge in [-0.15, -0.1) is 11.8 Å². The van der Waals surface area contributed by atoms with Gasteiger partial charge in [0.25, 0.3) is 5.56 Å². The number of anilines is 2. The van der Waals surface area contributed by atoms with Crippen molar-refractivity contribution in [2.45, 2.75) is 57.9 Å². The minimum atomic E-state index is -0.627. The van der Waals surface area contributed by atoms with Crippen molar-refractivity contribution < 1.29 is 4.79 Å². The second-order valence-corrected chi connectivity index (χ2v) is 9.38. The lowest BCUT2D eigenvalue weighted by Crippen LogP contribution is -2.42. The highest BCUT2D eigenvalue weighted by atomic mass is 35.5. The highest BCUT2D eigenvalue weighted by Crippen LogP contribution is 2.23. The smallest absolute Gasteiger partial charge is 0.330 e. The van der Waals surface area contributed by atoms with E-state index in [1.54, 1.807) is 23.9 Å². The first-order chi connectivity index (χ1) is 14.7. The van der Waals surface area contributed by atoms with Gasteiger partial charge in [-0.05, 0) is 43.0 Å². The van der Waals surface area contributed by atoms with Crippen LogP contribution in [0, 0.1) is 5.92 Å². The Morgan fingerprint density at radius 2 is 1.94 bits per heavy atom. The fraction of sp³-hybridized carbons (Fsp3) is 0.500. The number of benzene rings is 1. The second-order valence-electron chi connectivity index (χ2n) is 7.78. The predicted molar refractivity (Wildman–Crippen MR) is 129 cm³/mol. The first-order valence-corrected chi connectivity index (χ1v) is 11.9. The predicted octanol–water partition coefficient (Wildman–Crippen LogP) is 4.13. The summed E-state index contributed by atoms with van der Waals surface area (Å²) in [6.45, 7) is 6.86. The second kappa shape index (κ2) is 12.0. The number of thioether (sulfide) groups is 1. The van der Waals surface area contributed by atoms with Crippen LogP contribution in [0.25, 0.3) is 0 Å². The number of carbonyl (C=O) groups excluding carboxylic acids is 1. The van der Waals surface area contributed by atoms with Crippen molar-refractivity contribution in [2.24, 2.45) is 5.92 Å². The van der Waals surface area contributed by atoms with E-state index in [0.29, 0.717) is 36.2 Å². The van der Waals surface area contributed by atoms with Crippen molar-refractivity contribution >= 4 is 40.8 Å². The Morgan fingerprint density at radius 1 is 1.26 bits per heavy atom. The largest absolute Gasteiger partial charge is 0.383 e. The standard InChI is InChI=1S/C22H31ClN4O3S/c1-4-5-12-27-20(24)19(21(29)25-22(27)30)26(13-10-15(2)3)18(28)11-14-31-17-8-6-16(23)7-9-17/h6-9,15H,4-5,10-14,24H2,1-3H3,(H,25,29,30). The summed E-state index contributed by atoms with van der Waals surface area (Å²) < 4.78 is 1.35. The molecule has 31 heavy (non-hydrogen) atoms. The molecule has 0 aliphatic heterocycles. The van der Waals surface area contributed by atoms with E-state index in [0.717, 1.165) is 17.7 Å². The van der Waals surface area contributed by atoms with E-state index < -0.39 is 11.2 Å². The van der Waals surface area contributed by atoms with Crippen molar-refractivity contribution in [2.75, 3.05) is 22.9 Å². The third-order valence-corrected chi connectivity index (χ3v) is 6.11. The van der Waals surface area contributed by atoms with Gasteiger partial charge in [0.15, 0.2) is 5.69 Å². The molecule has 170 valence electrons. The molecule has 2 aromatic rings. The molecular formula is C22H31ClN4O3S. The van der Waals surface area contributed by atoms with Crippen LogP contribution in [0.2, 0.25) is 5.02 Å². The molecule has 9 heteroatoms. The number of H-pyrrole nitrogens is 1. The first kappa shape index (κ1) is 25.1. The fourth-order valence-electron chi connectivity index (χ4n) is 3.05. The van der Waals surface area contributed by atoms with E-state index in [2.05, 4.69) is 18.8 Å². The SMILES string of the molecule is CCCCn1c(N)c(N(CCC(C)C)C(=O)CCSc2ccc(Cl)cc2)c(=O)[nH]c1=O. The van der Waals surface area contributed by atoms with E-state index in [4.69, 9.17) is 17.3 Å². The van der Waals surface area contributed by atoms with Gasteiger partial charge in [-0.2, -0.15) is 0 Å². The van der Waals surface area contributed by atoms with Crippen LogP contribution < -0.4 is 21.9 Å². The molecular weight excluding hydrogens is 436 g/mol. The Kier molecular flexibility index (Phi) is 9.71. The van der Waals surface area contributed by atoms with Crippen LogP contribution in [0.15, 0.2) is 38.8 Å². The van der Waals surface area contributed by atoms with Crippen molar-refractivity contribution in [3.8, 4) is 0 Å². The van der Waals surface area contributed by atoms with E-state index >= 15 is 0 Å². The van der Waals surface area contributed by atoms with Crippen molar-refractivity contribution in [3.05, 3.63) is 50.1 Å². The molecule has 1 aromatic heterocycles. The molecule has 1 amide bonds. The van der Waals surface area contributed by atoms with Gasteiger partial charge >= 0.3 is 5.69 Å². The molecule has 3 N–H and O–H groups in total. The zero-order valence-corrected chi connectivity index (χ0v) is 19.9. The van der Waals surface area contributed by atoms with Gasteiger partial charge in [0.1, 0.15) is 5.82 Å². The molecule has 1 aromatic carbocycles.